The first-order valence-electron chi connectivity index (χ1n) is 9.36. The smallest absolute Gasteiger partial charge is 0.0408 e. The van der Waals surface area contributed by atoms with E-state index in [9.17, 15) is 17.6 Å². The van der Waals surface area contributed by atoms with Gasteiger partial charge in [-0.2, -0.15) is 11.1 Å². The largest absolute Gasteiger partial charge is 0.344 e. The van der Waals surface area contributed by atoms with Gasteiger partial charge in [-0.25, -0.2) is 12.1 Å². The maximum Gasteiger partial charge on any atom is 0.0408 e. The molecule has 0 bridgehead atoms. The van der Waals surface area contributed by atoms with Gasteiger partial charge in [0, 0.05) is 49.6 Å². The third-order valence-electron chi connectivity index (χ3n) is 4.97. The maximum absolute atomic E-state index is 14.2. The van der Waals surface area contributed by atoms with Gasteiger partial charge in [-0.05, 0) is 23.8 Å². The van der Waals surface area contributed by atoms with Crippen molar-refractivity contribution >= 4 is 0 Å². The number of rotatable bonds is 4. The summed E-state index contributed by atoms with van der Waals surface area (Å²) < 4.78 is 54.8. The van der Waals surface area contributed by atoms with Crippen molar-refractivity contribution in [1.29, 1.82) is 0 Å². The van der Waals surface area contributed by atoms with Gasteiger partial charge in [0.1, 0.15) is 0 Å². The molecule has 7 heteroatoms. The normalized spacial score (nSPS) is 11.2. The summed E-state index contributed by atoms with van der Waals surface area (Å²) in [5.41, 5.74) is 1.04. The predicted octanol–water partition coefficient (Wildman–Crippen LogP) is 6.09. The molecule has 2 nitrogen and oxygen atoms in total. The Kier molecular flexibility index (Phi) is 6.94. The topological polar surface area (TPSA) is 25.8 Å². The minimum atomic E-state index is -0.791. The molecule has 32 heavy (non-hydrogen) atoms. The molecule has 0 saturated carbocycles. The first-order chi connectivity index (χ1) is 14.8. The van der Waals surface area contributed by atoms with Crippen molar-refractivity contribution in [2.24, 2.45) is 0 Å². The van der Waals surface area contributed by atoms with E-state index >= 15 is 0 Å². The Morgan fingerprint density at radius 3 is 2.09 bits per heavy atom. The number of nitrogens with zero attached hydrogens (tertiary/aromatic N) is 2. The Labute approximate surface area is 197 Å². The second kappa shape index (κ2) is 9.33. The molecule has 4 rings (SSSR count). The van der Waals surface area contributed by atoms with Crippen LogP contribution in [0.15, 0.2) is 54.7 Å². The summed E-state index contributed by atoms with van der Waals surface area (Å²) in [5, 5.41) is 0. The molecule has 0 aliphatic rings. The summed E-state index contributed by atoms with van der Waals surface area (Å²) in [7, 11) is 0. The van der Waals surface area contributed by atoms with Crippen LogP contribution in [0.25, 0.3) is 22.5 Å². The van der Waals surface area contributed by atoms with Gasteiger partial charge in [-0.1, -0.05) is 43.7 Å². The molecule has 0 radical (unpaired) electrons. The third kappa shape index (κ3) is 4.65. The van der Waals surface area contributed by atoms with Crippen LogP contribution in [0.1, 0.15) is 25.1 Å². The Hall–Kier alpha value is -2.85. The minimum absolute atomic E-state index is 0. The van der Waals surface area contributed by atoms with Crippen LogP contribution in [0.5, 0.6) is 0 Å². The van der Waals surface area contributed by atoms with Gasteiger partial charge >= 0.3 is 0 Å². The number of aromatic nitrogens is 2. The zero-order chi connectivity index (χ0) is 22.2. The van der Waals surface area contributed by atoms with Crippen LogP contribution in [0.4, 0.5) is 17.6 Å². The van der Waals surface area contributed by atoms with Crippen molar-refractivity contribution in [2.75, 3.05) is 0 Å². The zero-order valence-corrected chi connectivity index (χ0v) is 19.2. The van der Waals surface area contributed by atoms with Crippen LogP contribution >= 0.6 is 0 Å². The number of benzene rings is 2. The molecule has 0 aliphatic heterocycles. The SMILES string of the molecule is CC(C)(c1[c-]c(-c2[c-]cc(F)cc2F)ncc1)c1cccc(-c2[c-]cc(F)cc2F)n1.[Pt]. The van der Waals surface area contributed by atoms with Crippen molar-refractivity contribution in [3.63, 3.8) is 0 Å². The van der Waals surface area contributed by atoms with Crippen molar-refractivity contribution in [1.82, 2.24) is 9.97 Å². The number of pyridine rings is 2. The van der Waals surface area contributed by atoms with Crippen LogP contribution in [0.3, 0.4) is 0 Å². The van der Waals surface area contributed by atoms with E-state index < -0.39 is 28.7 Å². The van der Waals surface area contributed by atoms with Gasteiger partial charge in [0.15, 0.2) is 0 Å². The van der Waals surface area contributed by atoms with E-state index in [1.54, 1.807) is 24.3 Å². The van der Waals surface area contributed by atoms with E-state index in [-0.39, 0.29) is 37.9 Å². The molecule has 2 aromatic carbocycles. The van der Waals surface area contributed by atoms with E-state index in [2.05, 4.69) is 28.2 Å². The first kappa shape index (κ1) is 23.8. The standard InChI is InChI=1S/C25H15F4N2.Pt/c1-25(2,15-10-11-30-23(12-15)19-9-7-17(27)14-21(19)29)24-5-3-4-22(31-24)18-8-6-16(26)13-20(18)28;/h3-7,10-11,13-14H,1-2H3;/q-3;. The molecule has 2 heterocycles. The van der Waals surface area contributed by atoms with E-state index in [1.807, 2.05) is 13.8 Å². The summed E-state index contributed by atoms with van der Waals surface area (Å²) in [4.78, 5) is 8.68. The fourth-order valence-electron chi connectivity index (χ4n) is 3.21. The molecule has 4 aromatic rings. The monoisotopic (exact) mass is 614 g/mol. The fraction of sp³-hybridized carbons (Fsp3) is 0.120. The van der Waals surface area contributed by atoms with E-state index in [1.165, 1.54) is 6.20 Å². The molecular weight excluding hydrogens is 599 g/mol. The Morgan fingerprint density at radius 2 is 1.47 bits per heavy atom. The van der Waals surface area contributed by atoms with Gasteiger partial charge in [0.25, 0.3) is 0 Å². The first-order valence-corrected chi connectivity index (χ1v) is 9.36. The van der Waals surface area contributed by atoms with E-state index in [0.29, 0.717) is 17.0 Å². The maximum atomic E-state index is 14.2. The average molecular weight is 614 g/mol. The van der Waals surface area contributed by atoms with Gasteiger partial charge in [0.2, 0.25) is 0 Å². The van der Waals surface area contributed by atoms with Crippen molar-refractivity contribution in [2.45, 2.75) is 19.3 Å². The summed E-state index contributed by atoms with van der Waals surface area (Å²) >= 11 is 0. The van der Waals surface area contributed by atoms with E-state index in [4.69, 9.17) is 0 Å². The zero-order valence-electron chi connectivity index (χ0n) is 16.9. The van der Waals surface area contributed by atoms with Crippen molar-refractivity contribution in [3.05, 3.63) is 107 Å². The molecular formula is C25H15F4N2Pt-3. The molecule has 0 unspecified atom stereocenters. The van der Waals surface area contributed by atoms with Crippen molar-refractivity contribution in [3.8, 4) is 22.5 Å². The second-order valence-electron chi connectivity index (χ2n) is 7.45. The van der Waals surface area contributed by atoms with Gasteiger partial charge in [-0.3, -0.25) is 17.6 Å². The van der Waals surface area contributed by atoms with Crippen LogP contribution in [0, 0.1) is 41.5 Å². The molecule has 0 saturated heterocycles. The van der Waals surface area contributed by atoms with Gasteiger partial charge in [0.05, 0.1) is 0 Å². The van der Waals surface area contributed by atoms with Crippen LogP contribution in [0.2, 0.25) is 0 Å². The average Bonchev–Trinajstić information content (AvgIpc) is 2.74. The predicted molar refractivity (Wildman–Crippen MR) is 108 cm³/mol. The Morgan fingerprint density at radius 1 is 0.844 bits per heavy atom. The molecule has 2 aromatic heterocycles. The quantitative estimate of drug-likeness (QED) is 0.206. The van der Waals surface area contributed by atoms with Gasteiger partial charge in [-0.15, -0.1) is 30.0 Å². The minimum Gasteiger partial charge on any atom is -0.344 e. The summed E-state index contributed by atoms with van der Waals surface area (Å²) in [6, 6.07) is 18.6. The molecule has 0 spiro atoms. The van der Waals surface area contributed by atoms with E-state index in [0.717, 1.165) is 24.3 Å². The Bertz CT molecular complexity index is 1180. The third-order valence-corrected chi connectivity index (χ3v) is 4.97. The van der Waals surface area contributed by atoms with Crippen LogP contribution in [-0.4, -0.2) is 9.97 Å². The van der Waals surface area contributed by atoms with Crippen molar-refractivity contribution < 1.29 is 38.6 Å². The number of halogens is 4. The fourth-order valence-corrected chi connectivity index (χ4v) is 3.21. The Balaban J connectivity index is 0.00000289. The second-order valence-corrected chi connectivity index (χ2v) is 7.45. The molecule has 166 valence electrons. The number of hydrogen-bond acceptors (Lipinski definition) is 2. The molecule has 0 N–H and O–H groups in total. The van der Waals surface area contributed by atoms with Crippen LogP contribution < -0.4 is 0 Å². The summed E-state index contributed by atoms with van der Waals surface area (Å²) in [6.07, 6.45) is 1.50. The molecule has 0 amide bonds. The molecule has 0 aliphatic carbocycles. The summed E-state index contributed by atoms with van der Waals surface area (Å²) in [6.45, 7) is 3.76. The number of hydrogen-bond donors (Lipinski definition) is 0. The molecule has 0 atom stereocenters. The summed E-state index contributed by atoms with van der Waals surface area (Å²) in [5.74, 6) is -3.01. The van der Waals surface area contributed by atoms with Gasteiger partial charge < -0.3 is 9.97 Å². The molecule has 0 fully saturated rings. The van der Waals surface area contributed by atoms with Crippen LogP contribution in [-0.2, 0) is 26.5 Å².